The molecule has 0 radical (unpaired) electrons. The number of likely N-dealkylation sites (tertiary alicyclic amines) is 1. The van der Waals surface area contributed by atoms with E-state index in [1.807, 2.05) is 25.1 Å². The second-order valence-corrected chi connectivity index (χ2v) is 5.03. The van der Waals surface area contributed by atoms with Gasteiger partial charge in [-0.2, -0.15) is 0 Å². The van der Waals surface area contributed by atoms with Crippen LogP contribution in [0.2, 0.25) is 0 Å². The highest BCUT2D eigenvalue weighted by molar-refractivity contribution is 5.70. The van der Waals surface area contributed by atoms with Crippen LogP contribution in [0, 0.1) is 0 Å². The van der Waals surface area contributed by atoms with Gasteiger partial charge in [0.15, 0.2) is 0 Å². The molecule has 0 amide bonds. The standard InChI is InChI=1S/C16H23NO2/c1-2-19-16(18)13-15(14-9-5-3-6-10-14)17-11-7-4-8-12-17/h3,5-6,9-10,15H,2,4,7-8,11-13H2,1H3/t15-/m1/s1. The minimum atomic E-state index is -0.0954. The third-order valence-electron chi connectivity index (χ3n) is 3.68. The first-order valence-electron chi connectivity index (χ1n) is 7.26. The average molecular weight is 261 g/mol. The van der Waals surface area contributed by atoms with E-state index in [0.29, 0.717) is 13.0 Å². The van der Waals surface area contributed by atoms with Crippen LogP contribution in [0.15, 0.2) is 30.3 Å². The molecule has 3 nitrogen and oxygen atoms in total. The largest absolute Gasteiger partial charge is 0.466 e. The molecule has 1 aromatic rings. The Balaban J connectivity index is 2.10. The van der Waals surface area contributed by atoms with Crippen LogP contribution in [-0.2, 0) is 9.53 Å². The van der Waals surface area contributed by atoms with Gasteiger partial charge in [-0.05, 0) is 38.4 Å². The van der Waals surface area contributed by atoms with Crippen molar-refractivity contribution in [2.24, 2.45) is 0 Å². The van der Waals surface area contributed by atoms with E-state index >= 15 is 0 Å². The Morgan fingerprint density at radius 2 is 1.89 bits per heavy atom. The second kappa shape index (κ2) is 7.29. The van der Waals surface area contributed by atoms with E-state index in [-0.39, 0.29) is 12.0 Å². The van der Waals surface area contributed by atoms with Gasteiger partial charge >= 0.3 is 5.97 Å². The maximum Gasteiger partial charge on any atom is 0.307 e. The van der Waals surface area contributed by atoms with Crippen LogP contribution >= 0.6 is 0 Å². The molecule has 1 aliphatic rings. The summed E-state index contributed by atoms with van der Waals surface area (Å²) in [5.41, 5.74) is 1.22. The Kier molecular flexibility index (Phi) is 5.40. The maximum absolute atomic E-state index is 11.8. The summed E-state index contributed by atoms with van der Waals surface area (Å²) in [5, 5.41) is 0. The molecule has 0 bridgehead atoms. The summed E-state index contributed by atoms with van der Waals surface area (Å²) >= 11 is 0. The van der Waals surface area contributed by atoms with Crippen molar-refractivity contribution < 1.29 is 9.53 Å². The van der Waals surface area contributed by atoms with Crippen molar-refractivity contribution in [3.63, 3.8) is 0 Å². The van der Waals surface area contributed by atoms with Crippen molar-refractivity contribution in [3.05, 3.63) is 35.9 Å². The summed E-state index contributed by atoms with van der Waals surface area (Å²) in [6, 6.07) is 10.5. The molecule has 104 valence electrons. The van der Waals surface area contributed by atoms with Crippen LogP contribution < -0.4 is 0 Å². The monoisotopic (exact) mass is 261 g/mol. The van der Waals surface area contributed by atoms with Crippen LogP contribution in [0.1, 0.15) is 44.2 Å². The van der Waals surface area contributed by atoms with Gasteiger partial charge in [0.2, 0.25) is 0 Å². The van der Waals surface area contributed by atoms with Crippen molar-refractivity contribution in [1.82, 2.24) is 4.90 Å². The van der Waals surface area contributed by atoms with E-state index in [4.69, 9.17) is 4.74 Å². The summed E-state index contributed by atoms with van der Waals surface area (Å²) in [4.78, 5) is 14.2. The minimum absolute atomic E-state index is 0.0954. The number of ether oxygens (including phenoxy) is 1. The molecule has 0 spiro atoms. The molecule has 0 saturated carbocycles. The van der Waals surface area contributed by atoms with E-state index in [1.165, 1.54) is 24.8 Å². The fourth-order valence-corrected chi connectivity index (χ4v) is 2.74. The predicted octanol–water partition coefficient (Wildman–Crippen LogP) is 3.17. The van der Waals surface area contributed by atoms with E-state index in [0.717, 1.165) is 13.1 Å². The highest BCUT2D eigenvalue weighted by Crippen LogP contribution is 2.27. The molecule has 3 heteroatoms. The lowest BCUT2D eigenvalue weighted by molar-refractivity contribution is -0.144. The molecule has 0 N–H and O–H groups in total. The lowest BCUT2D eigenvalue weighted by Gasteiger charge is -2.34. The molecule has 0 aromatic heterocycles. The first-order chi connectivity index (χ1) is 9.31. The van der Waals surface area contributed by atoms with Crippen molar-refractivity contribution in [1.29, 1.82) is 0 Å². The lowest BCUT2D eigenvalue weighted by atomic mass is 9.99. The zero-order valence-electron chi connectivity index (χ0n) is 11.7. The maximum atomic E-state index is 11.8. The van der Waals surface area contributed by atoms with Crippen LogP contribution in [0.25, 0.3) is 0 Å². The fourth-order valence-electron chi connectivity index (χ4n) is 2.74. The lowest BCUT2D eigenvalue weighted by Crippen LogP contribution is -2.35. The molecule has 1 aromatic carbocycles. The van der Waals surface area contributed by atoms with E-state index in [9.17, 15) is 4.79 Å². The number of carbonyl (C=O) groups excluding carboxylic acids is 1. The molecule has 19 heavy (non-hydrogen) atoms. The first kappa shape index (κ1) is 14.1. The van der Waals surface area contributed by atoms with Gasteiger partial charge in [0.1, 0.15) is 0 Å². The van der Waals surface area contributed by atoms with E-state index in [1.54, 1.807) is 0 Å². The molecule has 1 heterocycles. The SMILES string of the molecule is CCOC(=O)C[C@H](c1ccccc1)N1CCCCC1. The molecule has 0 unspecified atom stereocenters. The molecule has 1 aliphatic heterocycles. The van der Waals surface area contributed by atoms with Gasteiger partial charge in [-0.3, -0.25) is 9.69 Å². The Hall–Kier alpha value is -1.35. The van der Waals surface area contributed by atoms with E-state index < -0.39 is 0 Å². The minimum Gasteiger partial charge on any atom is -0.466 e. The topological polar surface area (TPSA) is 29.5 Å². The smallest absolute Gasteiger partial charge is 0.307 e. The van der Waals surface area contributed by atoms with Gasteiger partial charge in [-0.25, -0.2) is 0 Å². The molecule has 1 atom stereocenters. The first-order valence-corrected chi connectivity index (χ1v) is 7.26. The zero-order valence-corrected chi connectivity index (χ0v) is 11.7. The third-order valence-corrected chi connectivity index (χ3v) is 3.68. The van der Waals surface area contributed by atoms with Gasteiger partial charge < -0.3 is 4.74 Å². The van der Waals surface area contributed by atoms with Gasteiger partial charge in [-0.15, -0.1) is 0 Å². The Morgan fingerprint density at radius 3 is 2.53 bits per heavy atom. The molecular weight excluding hydrogens is 238 g/mol. The van der Waals surface area contributed by atoms with Crippen molar-refractivity contribution in [2.45, 2.75) is 38.6 Å². The predicted molar refractivity (Wildman–Crippen MR) is 75.9 cm³/mol. The molecule has 1 saturated heterocycles. The Bertz CT molecular complexity index is 385. The highest BCUT2D eigenvalue weighted by atomic mass is 16.5. The average Bonchev–Trinajstić information content (AvgIpc) is 2.47. The zero-order chi connectivity index (χ0) is 13.5. The normalized spacial score (nSPS) is 17.9. The van der Waals surface area contributed by atoms with Gasteiger partial charge in [0, 0.05) is 6.04 Å². The van der Waals surface area contributed by atoms with Gasteiger partial charge in [0.25, 0.3) is 0 Å². The van der Waals surface area contributed by atoms with Crippen molar-refractivity contribution in [3.8, 4) is 0 Å². The van der Waals surface area contributed by atoms with Gasteiger partial charge in [0.05, 0.1) is 13.0 Å². The fraction of sp³-hybridized carbons (Fsp3) is 0.562. The van der Waals surface area contributed by atoms with Crippen molar-refractivity contribution >= 4 is 5.97 Å². The number of hydrogen-bond acceptors (Lipinski definition) is 3. The molecule has 0 aliphatic carbocycles. The summed E-state index contributed by atoms with van der Waals surface area (Å²) in [5.74, 6) is -0.0954. The summed E-state index contributed by atoms with van der Waals surface area (Å²) in [6.07, 6.45) is 4.22. The molecular formula is C16H23NO2. The number of rotatable bonds is 5. The number of nitrogens with zero attached hydrogens (tertiary/aromatic N) is 1. The Labute approximate surface area is 115 Å². The van der Waals surface area contributed by atoms with Crippen LogP contribution in [-0.4, -0.2) is 30.6 Å². The molecule has 1 fully saturated rings. The highest BCUT2D eigenvalue weighted by Gasteiger charge is 2.25. The summed E-state index contributed by atoms with van der Waals surface area (Å²) in [7, 11) is 0. The van der Waals surface area contributed by atoms with Crippen molar-refractivity contribution in [2.75, 3.05) is 19.7 Å². The second-order valence-electron chi connectivity index (χ2n) is 5.03. The summed E-state index contributed by atoms with van der Waals surface area (Å²) in [6.45, 7) is 4.48. The van der Waals surface area contributed by atoms with E-state index in [2.05, 4.69) is 17.0 Å². The number of carbonyl (C=O) groups is 1. The van der Waals surface area contributed by atoms with Crippen LogP contribution in [0.4, 0.5) is 0 Å². The van der Waals surface area contributed by atoms with Crippen LogP contribution in [0.5, 0.6) is 0 Å². The number of hydrogen-bond donors (Lipinski definition) is 0. The van der Waals surface area contributed by atoms with Gasteiger partial charge in [-0.1, -0.05) is 36.8 Å². The third kappa shape index (κ3) is 4.06. The summed E-state index contributed by atoms with van der Waals surface area (Å²) < 4.78 is 5.12. The number of esters is 1. The Morgan fingerprint density at radius 1 is 1.21 bits per heavy atom. The quantitative estimate of drug-likeness (QED) is 0.762. The molecule has 2 rings (SSSR count). The number of benzene rings is 1. The number of piperidine rings is 1. The van der Waals surface area contributed by atoms with Crippen LogP contribution in [0.3, 0.4) is 0 Å².